The second kappa shape index (κ2) is 7.95. The summed E-state index contributed by atoms with van der Waals surface area (Å²) in [6.45, 7) is 1.37. The first-order chi connectivity index (χ1) is 12.8. The van der Waals surface area contributed by atoms with Gasteiger partial charge in [0.05, 0.1) is 18.8 Å². The number of aliphatic carboxylic acids is 1. The molecule has 1 unspecified atom stereocenters. The summed E-state index contributed by atoms with van der Waals surface area (Å²) in [5.41, 5.74) is 0. The molecule has 0 amide bonds. The van der Waals surface area contributed by atoms with Crippen LogP contribution in [-0.4, -0.2) is 104 Å². The molecule has 0 aromatic heterocycles. The molecule has 3 aliphatic heterocycles. The molecule has 10 atom stereocenters. The van der Waals surface area contributed by atoms with Gasteiger partial charge in [-0.1, -0.05) is 6.92 Å². The van der Waals surface area contributed by atoms with Crippen LogP contribution in [0, 0.1) is 5.92 Å². The van der Waals surface area contributed by atoms with Crippen LogP contribution in [-0.2, 0) is 19.0 Å². The van der Waals surface area contributed by atoms with Crippen LogP contribution in [0.2, 0.25) is 0 Å². The lowest BCUT2D eigenvalue weighted by Crippen LogP contribution is -2.67. The second-order valence-electron chi connectivity index (χ2n) is 7.01. The molecule has 0 aromatic carbocycles. The zero-order valence-corrected chi connectivity index (χ0v) is 14.7. The Hall–Kier alpha value is -1.34. The van der Waals surface area contributed by atoms with Gasteiger partial charge in [0.25, 0.3) is 0 Å². The van der Waals surface area contributed by atoms with Crippen molar-refractivity contribution in [3.8, 4) is 0 Å². The molecular formula is C16H25NO10. The number of carbonyl (C=O) groups is 1. The molecule has 11 nitrogen and oxygen atoms in total. The molecule has 2 saturated heterocycles. The Bertz CT molecular complexity index is 586. The Morgan fingerprint density at radius 3 is 2.37 bits per heavy atom. The Kier molecular flexibility index (Phi) is 6.01. The molecule has 11 heteroatoms. The third-order valence-electron chi connectivity index (χ3n) is 5.22. The maximum Gasteiger partial charge on any atom is 0.335 e. The van der Waals surface area contributed by atoms with E-state index in [1.54, 1.807) is 0 Å². The van der Waals surface area contributed by atoms with Crippen LogP contribution in [0.3, 0.4) is 0 Å². The van der Waals surface area contributed by atoms with E-state index in [2.05, 4.69) is 4.99 Å². The van der Waals surface area contributed by atoms with Crippen molar-refractivity contribution in [3.63, 3.8) is 0 Å². The molecule has 2 fully saturated rings. The van der Waals surface area contributed by atoms with Crippen LogP contribution in [0.15, 0.2) is 4.99 Å². The SMILES string of the molecule is CCCC1=N[C@@H]2C([C@@H]3O[C@H](C(=O)O)[C@@H](O)[C@H](O)[C@H]3O)[C@@H](O)[C@@H](CO)O[C@@H]2O1. The topological polar surface area (TPSA) is 178 Å². The summed E-state index contributed by atoms with van der Waals surface area (Å²) >= 11 is 0. The summed E-state index contributed by atoms with van der Waals surface area (Å²) in [7, 11) is 0. The number of carboxylic acids is 1. The minimum Gasteiger partial charge on any atom is -0.479 e. The highest BCUT2D eigenvalue weighted by Gasteiger charge is 2.58. The quantitative estimate of drug-likeness (QED) is 0.287. The van der Waals surface area contributed by atoms with Crippen LogP contribution in [0.4, 0.5) is 0 Å². The zero-order chi connectivity index (χ0) is 19.9. The van der Waals surface area contributed by atoms with Gasteiger partial charge in [0, 0.05) is 12.3 Å². The molecule has 0 aromatic rings. The molecule has 3 rings (SSSR count). The van der Waals surface area contributed by atoms with Gasteiger partial charge in [0.15, 0.2) is 12.0 Å². The first-order valence-corrected chi connectivity index (χ1v) is 8.90. The van der Waals surface area contributed by atoms with Crippen molar-refractivity contribution in [1.29, 1.82) is 0 Å². The summed E-state index contributed by atoms with van der Waals surface area (Å²) < 4.78 is 16.5. The highest BCUT2D eigenvalue weighted by Crippen LogP contribution is 2.39. The second-order valence-corrected chi connectivity index (χ2v) is 7.01. The van der Waals surface area contributed by atoms with Crippen molar-refractivity contribution in [2.45, 2.75) is 74.8 Å². The van der Waals surface area contributed by atoms with Gasteiger partial charge in [0.1, 0.15) is 30.5 Å². The Morgan fingerprint density at radius 1 is 1.07 bits per heavy atom. The highest BCUT2D eigenvalue weighted by molar-refractivity contribution is 5.78. The average molecular weight is 391 g/mol. The molecule has 154 valence electrons. The van der Waals surface area contributed by atoms with E-state index in [0.29, 0.717) is 12.3 Å². The van der Waals surface area contributed by atoms with Gasteiger partial charge in [0.2, 0.25) is 6.29 Å². The average Bonchev–Trinajstić information content (AvgIpc) is 3.02. The molecule has 6 N–H and O–H groups in total. The van der Waals surface area contributed by atoms with Crippen LogP contribution in [0.5, 0.6) is 0 Å². The molecular weight excluding hydrogens is 366 g/mol. The predicted molar refractivity (Wildman–Crippen MR) is 86.8 cm³/mol. The molecule has 0 radical (unpaired) electrons. The summed E-state index contributed by atoms with van der Waals surface area (Å²) in [4.78, 5) is 15.7. The number of ether oxygens (including phenoxy) is 3. The maximum atomic E-state index is 11.4. The minimum atomic E-state index is -1.84. The zero-order valence-electron chi connectivity index (χ0n) is 14.7. The maximum absolute atomic E-state index is 11.4. The lowest BCUT2D eigenvalue weighted by Gasteiger charge is -2.48. The van der Waals surface area contributed by atoms with E-state index in [1.807, 2.05) is 6.92 Å². The van der Waals surface area contributed by atoms with E-state index in [4.69, 9.17) is 14.2 Å². The molecule has 3 heterocycles. The first kappa shape index (κ1) is 20.4. The fourth-order valence-electron chi connectivity index (χ4n) is 3.85. The van der Waals surface area contributed by atoms with Crippen LogP contribution < -0.4 is 0 Å². The number of aliphatic imine (C=N–C) groups is 1. The van der Waals surface area contributed by atoms with E-state index in [1.165, 1.54) is 0 Å². The highest BCUT2D eigenvalue weighted by atomic mass is 16.7. The van der Waals surface area contributed by atoms with Crippen molar-refractivity contribution >= 4 is 11.9 Å². The minimum absolute atomic E-state index is 0.379. The number of hydrogen-bond acceptors (Lipinski definition) is 10. The van der Waals surface area contributed by atoms with E-state index < -0.39 is 73.6 Å². The monoisotopic (exact) mass is 391 g/mol. The molecule has 3 aliphatic rings. The molecule has 0 spiro atoms. The van der Waals surface area contributed by atoms with Crippen LogP contribution in [0.25, 0.3) is 0 Å². The third-order valence-corrected chi connectivity index (χ3v) is 5.22. The number of carboxylic acid groups (broad SMARTS) is 1. The number of aliphatic hydroxyl groups excluding tert-OH is 5. The number of aliphatic hydroxyl groups is 5. The standard InChI is InChI=1S/C16H25NO10/c1-2-3-6-17-8-7(9(19)5(4-18)25-16(8)26-6)13-11(21)10(20)12(22)14(27-13)15(23)24/h5,7-14,16,18-22H,2-4H2,1H3,(H,23,24)/t5-,7?,8-,9+,10-,11-,12+,13+,14+,16-/m1/s1. The van der Waals surface area contributed by atoms with Crippen LogP contribution in [0.1, 0.15) is 19.8 Å². The Morgan fingerprint density at radius 2 is 1.78 bits per heavy atom. The number of hydrogen-bond donors (Lipinski definition) is 6. The van der Waals surface area contributed by atoms with Crippen molar-refractivity contribution < 1.29 is 49.6 Å². The van der Waals surface area contributed by atoms with Gasteiger partial charge >= 0.3 is 5.97 Å². The molecule has 27 heavy (non-hydrogen) atoms. The Labute approximate surface area is 154 Å². The van der Waals surface area contributed by atoms with Crippen molar-refractivity contribution in [3.05, 3.63) is 0 Å². The smallest absolute Gasteiger partial charge is 0.335 e. The van der Waals surface area contributed by atoms with Gasteiger partial charge in [-0.15, -0.1) is 0 Å². The fourth-order valence-corrected chi connectivity index (χ4v) is 3.85. The number of fused-ring (bicyclic) bond motifs is 1. The summed E-state index contributed by atoms with van der Waals surface area (Å²) in [6, 6.07) is -0.833. The lowest BCUT2D eigenvalue weighted by atomic mass is 9.78. The largest absolute Gasteiger partial charge is 0.479 e. The van der Waals surface area contributed by atoms with Gasteiger partial charge in [-0.25, -0.2) is 9.79 Å². The summed E-state index contributed by atoms with van der Waals surface area (Å²) in [5, 5.41) is 59.7. The first-order valence-electron chi connectivity index (χ1n) is 8.90. The molecule has 0 saturated carbocycles. The van der Waals surface area contributed by atoms with E-state index >= 15 is 0 Å². The summed E-state index contributed by atoms with van der Waals surface area (Å²) in [6.07, 6.45) is -10.6. The van der Waals surface area contributed by atoms with Crippen molar-refractivity contribution in [2.24, 2.45) is 10.9 Å². The Balaban J connectivity index is 1.93. The van der Waals surface area contributed by atoms with Crippen molar-refractivity contribution in [1.82, 2.24) is 0 Å². The van der Waals surface area contributed by atoms with Gasteiger partial charge < -0.3 is 44.8 Å². The van der Waals surface area contributed by atoms with E-state index in [0.717, 1.165) is 6.42 Å². The fraction of sp³-hybridized carbons (Fsp3) is 0.875. The van der Waals surface area contributed by atoms with Gasteiger partial charge in [-0.2, -0.15) is 0 Å². The predicted octanol–water partition coefficient (Wildman–Crippen LogP) is -2.79. The van der Waals surface area contributed by atoms with E-state index in [-0.39, 0.29) is 0 Å². The number of rotatable bonds is 5. The van der Waals surface area contributed by atoms with Crippen molar-refractivity contribution in [2.75, 3.05) is 6.61 Å². The van der Waals surface area contributed by atoms with E-state index in [9.17, 15) is 35.4 Å². The normalized spacial score (nSPS) is 47.1. The number of nitrogens with zero attached hydrogens (tertiary/aromatic N) is 1. The third kappa shape index (κ3) is 3.56. The van der Waals surface area contributed by atoms with Gasteiger partial charge in [-0.3, -0.25) is 0 Å². The lowest BCUT2D eigenvalue weighted by molar-refractivity contribution is -0.279. The molecule has 0 aliphatic carbocycles. The van der Waals surface area contributed by atoms with Gasteiger partial charge in [-0.05, 0) is 6.42 Å². The summed E-state index contributed by atoms with van der Waals surface area (Å²) in [5.74, 6) is -2.17. The van der Waals surface area contributed by atoms with Crippen LogP contribution >= 0.6 is 0 Å². The molecule has 0 bridgehead atoms.